The van der Waals surface area contributed by atoms with Gasteiger partial charge in [0, 0.05) is 11.0 Å². The number of halogens is 1. The highest BCUT2D eigenvalue weighted by Crippen LogP contribution is 2.19. The van der Waals surface area contributed by atoms with Gasteiger partial charge in [-0.25, -0.2) is 9.59 Å². The molecule has 20 heavy (non-hydrogen) atoms. The fraction of sp³-hybridized carbons (Fsp3) is 0.429. The van der Waals surface area contributed by atoms with Crippen LogP contribution in [0.2, 0.25) is 0 Å². The number of carbonyl (C=O) groups is 2. The van der Waals surface area contributed by atoms with E-state index in [0.29, 0.717) is 16.6 Å². The van der Waals surface area contributed by atoms with Crippen molar-refractivity contribution >= 4 is 33.7 Å². The van der Waals surface area contributed by atoms with E-state index in [9.17, 15) is 9.59 Å². The Morgan fingerprint density at radius 3 is 2.40 bits per heavy atom. The Balaban J connectivity index is 2.94. The van der Waals surface area contributed by atoms with Crippen molar-refractivity contribution in [3.05, 3.63) is 29.3 Å². The van der Waals surface area contributed by atoms with Gasteiger partial charge in [0.25, 0.3) is 0 Å². The lowest BCUT2D eigenvalue weighted by Gasteiger charge is -2.20. The van der Waals surface area contributed by atoms with Crippen molar-refractivity contribution in [3.63, 3.8) is 0 Å². The van der Waals surface area contributed by atoms with Gasteiger partial charge in [0.1, 0.15) is 5.60 Å². The van der Waals surface area contributed by atoms with E-state index in [1.165, 1.54) is 7.11 Å². The van der Waals surface area contributed by atoms with Crippen molar-refractivity contribution in [2.24, 2.45) is 0 Å². The lowest BCUT2D eigenvalue weighted by atomic mass is 10.1. The van der Waals surface area contributed by atoms with Crippen LogP contribution in [0, 0.1) is 0 Å². The molecule has 0 saturated carbocycles. The molecule has 6 heteroatoms. The predicted octanol–water partition coefficient (Wildman–Crippen LogP) is 3.72. The van der Waals surface area contributed by atoms with Crippen LogP contribution in [0.4, 0.5) is 10.5 Å². The molecule has 0 aromatic heterocycles. The second kappa shape index (κ2) is 6.74. The van der Waals surface area contributed by atoms with Crippen molar-refractivity contribution in [2.75, 3.05) is 12.4 Å². The highest BCUT2D eigenvalue weighted by atomic mass is 79.9. The molecule has 0 saturated heterocycles. The third-order valence-corrected chi connectivity index (χ3v) is 2.86. The molecule has 0 unspecified atom stereocenters. The Bertz CT molecular complexity index is 508. The summed E-state index contributed by atoms with van der Waals surface area (Å²) in [5.74, 6) is -0.458. The maximum atomic E-state index is 11.7. The predicted molar refractivity (Wildman–Crippen MR) is 80.3 cm³/mol. The number of methoxy groups -OCH3 is 1. The maximum absolute atomic E-state index is 11.7. The number of alkyl halides is 1. The molecular weight excluding hydrogens is 326 g/mol. The average molecular weight is 344 g/mol. The van der Waals surface area contributed by atoms with Crippen LogP contribution in [0.3, 0.4) is 0 Å². The molecule has 1 rings (SSSR count). The third-order valence-electron chi connectivity index (χ3n) is 2.21. The van der Waals surface area contributed by atoms with Gasteiger partial charge in [0.2, 0.25) is 0 Å². The van der Waals surface area contributed by atoms with Gasteiger partial charge >= 0.3 is 12.1 Å². The lowest BCUT2D eigenvalue weighted by molar-refractivity contribution is 0.0596. The summed E-state index contributed by atoms with van der Waals surface area (Å²) in [6.07, 6.45) is -0.569. The summed E-state index contributed by atoms with van der Waals surface area (Å²) in [5, 5.41) is 3.16. The minimum atomic E-state index is -0.581. The van der Waals surface area contributed by atoms with Crippen LogP contribution in [0.5, 0.6) is 0 Å². The topological polar surface area (TPSA) is 64.6 Å². The molecule has 110 valence electrons. The highest BCUT2D eigenvalue weighted by molar-refractivity contribution is 9.08. The molecule has 1 aromatic rings. The molecule has 1 amide bonds. The van der Waals surface area contributed by atoms with Crippen molar-refractivity contribution < 1.29 is 19.1 Å². The van der Waals surface area contributed by atoms with Crippen molar-refractivity contribution in [1.29, 1.82) is 0 Å². The number of ether oxygens (including phenoxy) is 2. The second-order valence-corrected chi connectivity index (χ2v) is 5.73. The number of rotatable bonds is 3. The monoisotopic (exact) mass is 343 g/mol. The van der Waals surface area contributed by atoms with E-state index in [1.54, 1.807) is 39.0 Å². The standard InChI is InChI=1S/C14H18BrNO4/c1-14(2,3)20-13(18)16-11-6-9(8-15)5-10(7-11)12(17)19-4/h5-7H,8H2,1-4H3,(H,16,18). The van der Waals surface area contributed by atoms with Crippen molar-refractivity contribution in [1.82, 2.24) is 0 Å². The summed E-state index contributed by atoms with van der Waals surface area (Å²) in [7, 11) is 1.31. The molecule has 0 atom stereocenters. The number of nitrogens with one attached hydrogen (secondary N) is 1. The third kappa shape index (κ3) is 5.21. The molecule has 0 bridgehead atoms. The lowest BCUT2D eigenvalue weighted by Crippen LogP contribution is -2.27. The van der Waals surface area contributed by atoms with Crippen LogP contribution in [-0.4, -0.2) is 24.8 Å². The molecular formula is C14H18BrNO4. The van der Waals surface area contributed by atoms with Crippen LogP contribution in [0.1, 0.15) is 36.7 Å². The van der Waals surface area contributed by atoms with Gasteiger partial charge in [-0.2, -0.15) is 0 Å². The van der Waals surface area contributed by atoms with Gasteiger partial charge < -0.3 is 9.47 Å². The summed E-state index contributed by atoms with van der Waals surface area (Å²) in [4.78, 5) is 23.3. The van der Waals surface area contributed by atoms with Gasteiger partial charge in [0.15, 0.2) is 0 Å². The first kappa shape index (κ1) is 16.5. The quantitative estimate of drug-likeness (QED) is 0.671. The zero-order chi connectivity index (χ0) is 15.3. The maximum Gasteiger partial charge on any atom is 0.412 e. The summed E-state index contributed by atoms with van der Waals surface area (Å²) < 4.78 is 9.84. The van der Waals surface area contributed by atoms with Crippen LogP contribution in [0.15, 0.2) is 18.2 Å². The van der Waals surface area contributed by atoms with Crippen molar-refractivity contribution in [3.8, 4) is 0 Å². The van der Waals surface area contributed by atoms with E-state index in [1.807, 2.05) is 0 Å². The average Bonchev–Trinajstić information content (AvgIpc) is 2.34. The smallest absolute Gasteiger partial charge is 0.412 e. The molecule has 0 radical (unpaired) electrons. The van der Waals surface area contributed by atoms with E-state index in [4.69, 9.17) is 4.74 Å². The van der Waals surface area contributed by atoms with Crippen LogP contribution >= 0.6 is 15.9 Å². The first-order valence-electron chi connectivity index (χ1n) is 6.03. The Kier molecular flexibility index (Phi) is 5.56. The Morgan fingerprint density at radius 1 is 1.25 bits per heavy atom. The van der Waals surface area contributed by atoms with Crippen LogP contribution < -0.4 is 5.32 Å². The second-order valence-electron chi connectivity index (χ2n) is 5.17. The van der Waals surface area contributed by atoms with E-state index in [0.717, 1.165) is 5.56 Å². The molecule has 5 nitrogen and oxygen atoms in total. The SMILES string of the molecule is COC(=O)c1cc(CBr)cc(NC(=O)OC(C)(C)C)c1. The van der Waals surface area contributed by atoms with Crippen LogP contribution in [0.25, 0.3) is 0 Å². The first-order chi connectivity index (χ1) is 9.25. The van der Waals surface area contributed by atoms with E-state index < -0.39 is 17.7 Å². The van der Waals surface area contributed by atoms with Gasteiger partial charge in [-0.3, -0.25) is 5.32 Å². The Hall–Kier alpha value is -1.56. The number of anilines is 1. The zero-order valence-corrected chi connectivity index (χ0v) is 13.5. The van der Waals surface area contributed by atoms with Gasteiger partial charge in [-0.05, 0) is 44.5 Å². The fourth-order valence-electron chi connectivity index (χ4n) is 1.50. The molecule has 1 aromatic carbocycles. The van der Waals surface area contributed by atoms with Gasteiger partial charge in [-0.15, -0.1) is 0 Å². The molecule has 0 aliphatic rings. The number of hydrogen-bond acceptors (Lipinski definition) is 4. The minimum Gasteiger partial charge on any atom is -0.465 e. The number of esters is 1. The first-order valence-corrected chi connectivity index (χ1v) is 7.15. The highest BCUT2D eigenvalue weighted by Gasteiger charge is 2.17. The molecule has 0 spiro atoms. The van der Waals surface area contributed by atoms with Gasteiger partial charge in [-0.1, -0.05) is 15.9 Å². The summed E-state index contributed by atoms with van der Waals surface area (Å²) >= 11 is 3.32. The fourth-order valence-corrected chi connectivity index (χ4v) is 1.82. The number of benzene rings is 1. The van der Waals surface area contributed by atoms with Crippen molar-refractivity contribution in [2.45, 2.75) is 31.7 Å². The number of hydrogen-bond donors (Lipinski definition) is 1. The van der Waals surface area contributed by atoms with E-state index >= 15 is 0 Å². The Morgan fingerprint density at radius 2 is 1.90 bits per heavy atom. The largest absolute Gasteiger partial charge is 0.465 e. The van der Waals surface area contributed by atoms with Crippen LogP contribution in [-0.2, 0) is 14.8 Å². The summed E-state index contributed by atoms with van der Waals surface area (Å²) in [6.45, 7) is 5.34. The number of amides is 1. The molecule has 1 N–H and O–H groups in total. The molecule has 0 aliphatic heterocycles. The molecule has 0 heterocycles. The zero-order valence-electron chi connectivity index (χ0n) is 12.0. The normalized spacial score (nSPS) is 10.8. The summed E-state index contributed by atoms with van der Waals surface area (Å²) in [6, 6.07) is 4.99. The van der Waals surface area contributed by atoms with Gasteiger partial charge in [0.05, 0.1) is 12.7 Å². The minimum absolute atomic E-state index is 0.371. The molecule has 0 fully saturated rings. The van der Waals surface area contributed by atoms with E-state index in [-0.39, 0.29) is 0 Å². The van der Waals surface area contributed by atoms with E-state index in [2.05, 4.69) is 26.0 Å². The number of carbonyl (C=O) groups excluding carboxylic acids is 2. The molecule has 0 aliphatic carbocycles. The Labute approximate surface area is 126 Å². The summed E-state index contributed by atoms with van der Waals surface area (Å²) in [5.41, 5.74) is 1.12.